The number of phenolic OH excluding ortho intramolecular Hbond substituents is 1. The number of benzene rings is 1. The van der Waals surface area contributed by atoms with Crippen molar-refractivity contribution in [3.63, 3.8) is 0 Å². The number of hydrogen-bond donors (Lipinski definition) is 2. The van der Waals surface area contributed by atoms with Crippen LogP contribution in [0.1, 0.15) is 16.8 Å². The first-order chi connectivity index (χ1) is 7.99. The van der Waals surface area contributed by atoms with Crippen LogP contribution in [0.4, 0.5) is 13.2 Å². The number of amides is 1. The molecule has 0 aliphatic heterocycles. The second-order valence-corrected chi connectivity index (χ2v) is 3.22. The van der Waals surface area contributed by atoms with E-state index in [-0.39, 0.29) is 6.54 Å². The lowest BCUT2D eigenvalue weighted by molar-refractivity contribution is 0.0948. The van der Waals surface area contributed by atoms with Crippen molar-refractivity contribution in [2.24, 2.45) is 0 Å². The molecule has 1 amide bonds. The van der Waals surface area contributed by atoms with E-state index in [1.165, 1.54) is 6.08 Å². The van der Waals surface area contributed by atoms with Gasteiger partial charge in [0, 0.05) is 6.54 Å². The zero-order valence-electron chi connectivity index (χ0n) is 8.77. The third-order valence-corrected chi connectivity index (χ3v) is 2.01. The van der Waals surface area contributed by atoms with Crippen LogP contribution in [-0.2, 0) is 0 Å². The molecule has 2 N–H and O–H groups in total. The summed E-state index contributed by atoms with van der Waals surface area (Å²) in [4.78, 5) is 11.4. The smallest absolute Gasteiger partial charge is 0.254 e. The second-order valence-electron chi connectivity index (χ2n) is 3.22. The summed E-state index contributed by atoms with van der Waals surface area (Å²) in [6, 6.07) is 0.396. The topological polar surface area (TPSA) is 49.3 Å². The van der Waals surface area contributed by atoms with E-state index in [0.29, 0.717) is 12.5 Å². The van der Waals surface area contributed by atoms with E-state index in [1.54, 1.807) is 0 Å². The van der Waals surface area contributed by atoms with Crippen molar-refractivity contribution in [2.75, 3.05) is 6.54 Å². The van der Waals surface area contributed by atoms with Gasteiger partial charge in [-0.1, -0.05) is 6.08 Å². The van der Waals surface area contributed by atoms with E-state index in [4.69, 9.17) is 5.11 Å². The van der Waals surface area contributed by atoms with E-state index >= 15 is 0 Å². The van der Waals surface area contributed by atoms with Crippen LogP contribution in [0.15, 0.2) is 18.7 Å². The van der Waals surface area contributed by atoms with Gasteiger partial charge >= 0.3 is 0 Å². The van der Waals surface area contributed by atoms with E-state index in [9.17, 15) is 18.0 Å². The molecule has 0 saturated heterocycles. The molecule has 0 bridgehead atoms. The minimum Gasteiger partial charge on any atom is -0.503 e. The molecular formula is C11H10F3NO2. The summed E-state index contributed by atoms with van der Waals surface area (Å²) in [6.45, 7) is 3.59. The third kappa shape index (κ3) is 2.77. The van der Waals surface area contributed by atoms with Gasteiger partial charge in [-0.2, -0.15) is 4.39 Å². The summed E-state index contributed by atoms with van der Waals surface area (Å²) in [7, 11) is 0. The van der Waals surface area contributed by atoms with Crippen molar-refractivity contribution in [3.05, 3.63) is 41.7 Å². The summed E-state index contributed by atoms with van der Waals surface area (Å²) in [5.74, 6) is -7.12. The molecule has 92 valence electrons. The molecule has 0 saturated carbocycles. The van der Waals surface area contributed by atoms with Crippen molar-refractivity contribution in [1.29, 1.82) is 0 Å². The molecule has 6 heteroatoms. The Labute approximate surface area is 95.6 Å². The number of halogens is 3. The summed E-state index contributed by atoms with van der Waals surface area (Å²) < 4.78 is 38.9. The van der Waals surface area contributed by atoms with E-state index in [1.807, 2.05) is 0 Å². The molecule has 3 nitrogen and oxygen atoms in total. The van der Waals surface area contributed by atoms with Gasteiger partial charge in [-0.25, -0.2) is 8.78 Å². The number of hydrogen-bond acceptors (Lipinski definition) is 2. The molecule has 0 unspecified atom stereocenters. The van der Waals surface area contributed by atoms with E-state index in [2.05, 4.69) is 11.9 Å². The number of rotatable bonds is 4. The van der Waals surface area contributed by atoms with Crippen LogP contribution in [-0.4, -0.2) is 17.6 Å². The average Bonchev–Trinajstić information content (AvgIpc) is 2.31. The maximum absolute atomic E-state index is 13.3. The summed E-state index contributed by atoms with van der Waals surface area (Å²) in [5.41, 5.74) is -0.745. The van der Waals surface area contributed by atoms with Crippen LogP contribution in [0.5, 0.6) is 5.75 Å². The first-order valence-electron chi connectivity index (χ1n) is 4.74. The molecule has 0 aliphatic carbocycles. The minimum atomic E-state index is -1.72. The fraction of sp³-hybridized carbons (Fsp3) is 0.182. The lowest BCUT2D eigenvalue weighted by Crippen LogP contribution is -2.25. The van der Waals surface area contributed by atoms with Gasteiger partial charge in [0.05, 0.1) is 5.56 Å². The monoisotopic (exact) mass is 245 g/mol. The lowest BCUT2D eigenvalue weighted by atomic mass is 10.1. The molecule has 0 aliphatic rings. The van der Waals surface area contributed by atoms with E-state index in [0.717, 1.165) is 0 Å². The Hall–Kier alpha value is -1.98. The first kappa shape index (κ1) is 13.1. The number of phenols is 1. The van der Waals surface area contributed by atoms with Gasteiger partial charge in [-0.15, -0.1) is 6.58 Å². The largest absolute Gasteiger partial charge is 0.503 e. The maximum atomic E-state index is 13.3. The first-order valence-corrected chi connectivity index (χ1v) is 4.74. The van der Waals surface area contributed by atoms with Gasteiger partial charge in [0.1, 0.15) is 0 Å². The highest BCUT2D eigenvalue weighted by molar-refractivity contribution is 5.94. The van der Waals surface area contributed by atoms with Crippen molar-refractivity contribution in [2.45, 2.75) is 6.42 Å². The molecule has 1 aromatic carbocycles. The standard InChI is InChI=1S/C11H10F3NO2/c1-2-3-4-15-11(17)6-5-7(12)9(14)10(16)8(6)13/h2,5,16H,1,3-4H2,(H,15,17). The predicted octanol–water partition coefficient (Wildman–Crippen LogP) is 2.12. The fourth-order valence-corrected chi connectivity index (χ4v) is 1.14. The fourth-order valence-electron chi connectivity index (χ4n) is 1.14. The number of carbonyl (C=O) groups excluding carboxylic acids is 1. The van der Waals surface area contributed by atoms with E-state index < -0.39 is 34.7 Å². The maximum Gasteiger partial charge on any atom is 0.254 e. The second kappa shape index (κ2) is 5.38. The zero-order valence-corrected chi connectivity index (χ0v) is 8.77. The summed E-state index contributed by atoms with van der Waals surface area (Å²) >= 11 is 0. The summed E-state index contributed by atoms with van der Waals surface area (Å²) in [5, 5.41) is 11.2. The number of aromatic hydroxyl groups is 1. The quantitative estimate of drug-likeness (QED) is 0.485. The normalized spacial score (nSPS) is 10.1. The van der Waals surface area contributed by atoms with Crippen LogP contribution < -0.4 is 5.32 Å². The SMILES string of the molecule is C=CCCNC(=O)c1cc(F)c(F)c(O)c1F. The highest BCUT2D eigenvalue weighted by atomic mass is 19.2. The number of nitrogens with one attached hydrogen (secondary N) is 1. The predicted molar refractivity (Wildman–Crippen MR) is 55.1 cm³/mol. The summed E-state index contributed by atoms with van der Waals surface area (Å²) in [6.07, 6.45) is 1.97. The molecule has 0 heterocycles. The van der Waals surface area contributed by atoms with Crippen LogP contribution >= 0.6 is 0 Å². The molecule has 1 aromatic rings. The third-order valence-electron chi connectivity index (χ3n) is 2.01. The van der Waals surface area contributed by atoms with Crippen LogP contribution in [0.2, 0.25) is 0 Å². The lowest BCUT2D eigenvalue weighted by Gasteiger charge is -2.07. The van der Waals surface area contributed by atoms with Gasteiger partial charge in [0.2, 0.25) is 5.82 Å². The average molecular weight is 245 g/mol. The Bertz CT molecular complexity index is 461. The molecular weight excluding hydrogens is 235 g/mol. The highest BCUT2D eigenvalue weighted by Crippen LogP contribution is 2.25. The zero-order chi connectivity index (χ0) is 13.0. The van der Waals surface area contributed by atoms with Gasteiger partial charge in [-0.3, -0.25) is 4.79 Å². The highest BCUT2D eigenvalue weighted by Gasteiger charge is 2.21. The Morgan fingerprint density at radius 2 is 2.06 bits per heavy atom. The van der Waals surface area contributed by atoms with Crippen molar-refractivity contribution in [1.82, 2.24) is 5.32 Å². The number of carbonyl (C=O) groups is 1. The molecule has 0 spiro atoms. The molecule has 17 heavy (non-hydrogen) atoms. The van der Waals surface area contributed by atoms with Gasteiger partial charge in [-0.05, 0) is 12.5 Å². The Kier molecular flexibility index (Phi) is 4.14. The molecule has 1 rings (SSSR count). The Morgan fingerprint density at radius 1 is 1.41 bits per heavy atom. The Morgan fingerprint density at radius 3 is 2.65 bits per heavy atom. The van der Waals surface area contributed by atoms with Gasteiger partial charge in [0.15, 0.2) is 17.4 Å². The van der Waals surface area contributed by atoms with Gasteiger partial charge in [0.25, 0.3) is 5.91 Å². The minimum absolute atomic E-state index is 0.182. The van der Waals surface area contributed by atoms with Crippen LogP contribution in [0, 0.1) is 17.5 Å². The molecule has 0 atom stereocenters. The Balaban J connectivity index is 2.98. The molecule has 0 aromatic heterocycles. The molecule has 0 radical (unpaired) electrons. The van der Waals surface area contributed by atoms with Crippen LogP contribution in [0.3, 0.4) is 0 Å². The van der Waals surface area contributed by atoms with Crippen molar-refractivity contribution >= 4 is 5.91 Å². The van der Waals surface area contributed by atoms with Crippen LogP contribution in [0.25, 0.3) is 0 Å². The van der Waals surface area contributed by atoms with Crippen molar-refractivity contribution < 1.29 is 23.1 Å². The van der Waals surface area contributed by atoms with Gasteiger partial charge < -0.3 is 10.4 Å². The molecule has 0 fully saturated rings. The van der Waals surface area contributed by atoms with Crippen molar-refractivity contribution in [3.8, 4) is 5.75 Å².